The summed E-state index contributed by atoms with van der Waals surface area (Å²) in [6.45, 7) is 5.07. The molecule has 1 fully saturated rings. The number of rotatable bonds is 2. The van der Waals surface area contributed by atoms with Gasteiger partial charge in [-0.05, 0) is 25.5 Å². The van der Waals surface area contributed by atoms with Crippen LogP contribution in [0.3, 0.4) is 0 Å². The molecule has 1 saturated heterocycles. The van der Waals surface area contributed by atoms with Crippen molar-refractivity contribution in [2.75, 3.05) is 18.4 Å². The van der Waals surface area contributed by atoms with Crippen LogP contribution in [0, 0.1) is 24.2 Å². The number of hydrogen-bond donors (Lipinski definition) is 1. The zero-order valence-corrected chi connectivity index (χ0v) is 14.3. The first-order valence-corrected chi connectivity index (χ1v) is 8.72. The number of nitrogens with one attached hydrogen (secondary N) is 1. The number of amides is 1. The summed E-state index contributed by atoms with van der Waals surface area (Å²) in [6.07, 6.45) is 0. The summed E-state index contributed by atoms with van der Waals surface area (Å²) in [7, 11) is 0. The van der Waals surface area contributed by atoms with Crippen LogP contribution in [0.1, 0.15) is 28.5 Å². The van der Waals surface area contributed by atoms with Crippen LogP contribution in [0.25, 0.3) is 0 Å². The Balaban J connectivity index is 1.73. The van der Waals surface area contributed by atoms with Gasteiger partial charge >= 0.3 is 0 Å². The van der Waals surface area contributed by atoms with E-state index in [1.807, 2.05) is 31.2 Å². The van der Waals surface area contributed by atoms with Crippen molar-refractivity contribution in [1.29, 1.82) is 5.26 Å². The minimum atomic E-state index is -0.792. The number of nitrogens with zero attached hydrogens (tertiary/aromatic N) is 4. The van der Waals surface area contributed by atoms with Crippen LogP contribution in [0.15, 0.2) is 24.3 Å². The van der Waals surface area contributed by atoms with Gasteiger partial charge in [-0.1, -0.05) is 18.2 Å². The molecule has 6 nitrogen and oxygen atoms in total. The summed E-state index contributed by atoms with van der Waals surface area (Å²) < 4.78 is 0. The predicted molar refractivity (Wildman–Crippen MR) is 90.5 cm³/mol. The van der Waals surface area contributed by atoms with E-state index in [0.717, 1.165) is 21.3 Å². The van der Waals surface area contributed by atoms with E-state index in [1.54, 1.807) is 11.3 Å². The molecule has 3 unspecified atom stereocenters. The molecular formula is C17H17N5OS. The van der Waals surface area contributed by atoms with Gasteiger partial charge in [-0.25, -0.2) is 0 Å². The first kappa shape index (κ1) is 15.2. The maximum absolute atomic E-state index is 12.8. The van der Waals surface area contributed by atoms with Crippen LogP contribution in [0.4, 0.5) is 5.69 Å². The summed E-state index contributed by atoms with van der Waals surface area (Å²) in [5.74, 6) is -0.448. The van der Waals surface area contributed by atoms with Gasteiger partial charge < -0.3 is 5.32 Å². The Morgan fingerprint density at radius 1 is 1.46 bits per heavy atom. The highest BCUT2D eigenvalue weighted by Gasteiger charge is 2.58. The lowest BCUT2D eigenvalue weighted by atomic mass is 9.74. The minimum absolute atomic E-state index is 0.0342. The minimum Gasteiger partial charge on any atom is -0.325 e. The Hall–Kier alpha value is -2.30. The van der Waals surface area contributed by atoms with E-state index in [9.17, 15) is 10.1 Å². The van der Waals surface area contributed by atoms with Crippen LogP contribution >= 0.6 is 11.3 Å². The Morgan fingerprint density at radius 3 is 2.96 bits per heavy atom. The molecule has 0 radical (unpaired) electrons. The largest absolute Gasteiger partial charge is 0.325 e. The molecular weight excluding hydrogens is 322 g/mol. The highest BCUT2D eigenvalue weighted by atomic mass is 32.1. The highest BCUT2D eigenvalue weighted by Crippen LogP contribution is 2.48. The number of carbonyl (C=O) groups is 1. The van der Waals surface area contributed by atoms with Crippen molar-refractivity contribution in [3.8, 4) is 6.07 Å². The Morgan fingerprint density at radius 2 is 2.25 bits per heavy atom. The van der Waals surface area contributed by atoms with Gasteiger partial charge in [0.1, 0.15) is 15.4 Å². The molecule has 1 aromatic heterocycles. The SMILES string of the molecule is Cc1nnc(C(C)N2CC(C#N)C3(C2)C(=O)Nc2ccccc23)s1. The van der Waals surface area contributed by atoms with Crippen molar-refractivity contribution in [2.45, 2.75) is 25.3 Å². The quantitative estimate of drug-likeness (QED) is 0.907. The van der Waals surface area contributed by atoms with Gasteiger partial charge in [0, 0.05) is 18.8 Å². The fourth-order valence-corrected chi connectivity index (χ4v) is 4.59. The van der Waals surface area contributed by atoms with Crippen LogP contribution < -0.4 is 5.32 Å². The second-order valence-corrected chi connectivity index (χ2v) is 7.63. The van der Waals surface area contributed by atoms with Gasteiger partial charge in [-0.3, -0.25) is 9.69 Å². The molecule has 4 rings (SSSR count). The molecule has 0 saturated carbocycles. The van der Waals surface area contributed by atoms with Gasteiger partial charge in [-0.15, -0.1) is 21.5 Å². The molecule has 0 aliphatic carbocycles. The molecule has 1 spiro atoms. The first-order chi connectivity index (χ1) is 11.6. The zero-order chi connectivity index (χ0) is 16.9. The van der Waals surface area contributed by atoms with Crippen molar-refractivity contribution in [2.24, 2.45) is 5.92 Å². The topological polar surface area (TPSA) is 81.9 Å². The lowest BCUT2D eigenvalue weighted by molar-refractivity contribution is -0.121. The van der Waals surface area contributed by atoms with E-state index in [1.165, 1.54) is 0 Å². The molecule has 1 amide bonds. The van der Waals surface area contributed by atoms with E-state index in [0.29, 0.717) is 13.1 Å². The molecule has 2 aliphatic heterocycles. The molecule has 0 bridgehead atoms. The van der Waals surface area contributed by atoms with E-state index in [4.69, 9.17) is 0 Å². The Bertz CT molecular complexity index is 857. The predicted octanol–water partition coefficient (Wildman–Crippen LogP) is 2.25. The van der Waals surface area contributed by atoms with Gasteiger partial charge in [-0.2, -0.15) is 5.26 Å². The van der Waals surface area contributed by atoms with Crippen molar-refractivity contribution in [1.82, 2.24) is 15.1 Å². The summed E-state index contributed by atoms with van der Waals surface area (Å²) in [4.78, 5) is 15.0. The third-order valence-electron chi connectivity index (χ3n) is 5.13. The van der Waals surface area contributed by atoms with E-state index < -0.39 is 5.41 Å². The summed E-state index contributed by atoms with van der Waals surface area (Å²) in [5, 5.41) is 22.8. The number of carbonyl (C=O) groups excluding carboxylic acids is 1. The van der Waals surface area contributed by atoms with Crippen LogP contribution in [-0.4, -0.2) is 34.1 Å². The summed E-state index contributed by atoms with van der Waals surface area (Å²) in [5.41, 5.74) is 0.966. The molecule has 24 heavy (non-hydrogen) atoms. The monoisotopic (exact) mass is 339 g/mol. The first-order valence-electron chi connectivity index (χ1n) is 7.91. The molecule has 122 valence electrons. The lowest BCUT2D eigenvalue weighted by Crippen LogP contribution is -2.42. The molecule has 2 aliphatic rings. The van der Waals surface area contributed by atoms with Crippen LogP contribution in [0.5, 0.6) is 0 Å². The van der Waals surface area contributed by atoms with Crippen molar-refractivity contribution in [3.63, 3.8) is 0 Å². The van der Waals surface area contributed by atoms with E-state index in [-0.39, 0.29) is 17.9 Å². The van der Waals surface area contributed by atoms with Crippen LogP contribution in [0.2, 0.25) is 0 Å². The van der Waals surface area contributed by atoms with Gasteiger partial charge in [0.25, 0.3) is 0 Å². The van der Waals surface area contributed by atoms with E-state index in [2.05, 4.69) is 33.4 Å². The van der Waals surface area contributed by atoms with Gasteiger partial charge in [0.2, 0.25) is 5.91 Å². The number of likely N-dealkylation sites (tertiary alicyclic amines) is 1. The van der Waals surface area contributed by atoms with Gasteiger partial charge in [0.05, 0.1) is 18.0 Å². The highest BCUT2D eigenvalue weighted by molar-refractivity contribution is 7.11. The maximum atomic E-state index is 12.8. The average Bonchev–Trinajstić information content (AvgIpc) is 3.25. The molecule has 3 heterocycles. The fraction of sp³-hybridized carbons (Fsp3) is 0.412. The molecule has 2 aromatic rings. The van der Waals surface area contributed by atoms with E-state index >= 15 is 0 Å². The number of aromatic nitrogens is 2. The number of nitriles is 1. The average molecular weight is 339 g/mol. The number of benzene rings is 1. The number of aryl methyl sites for hydroxylation is 1. The Kier molecular flexibility index (Phi) is 3.41. The summed E-state index contributed by atoms with van der Waals surface area (Å²) in [6, 6.07) is 10.1. The standard InChI is InChI=1S/C17H17N5OS/c1-10(15-21-20-11(2)24-15)22-8-12(7-18)17(9-22)13-5-3-4-6-14(13)19-16(17)23/h3-6,10,12H,8-9H2,1-2H3,(H,19,23). The molecule has 1 aromatic carbocycles. The second kappa shape index (κ2) is 5.36. The number of para-hydroxylation sites is 1. The Labute approximate surface area is 144 Å². The fourth-order valence-electron chi connectivity index (χ4n) is 3.81. The van der Waals surface area contributed by atoms with Crippen molar-refractivity contribution in [3.05, 3.63) is 39.8 Å². The summed E-state index contributed by atoms with van der Waals surface area (Å²) >= 11 is 1.56. The van der Waals surface area contributed by atoms with Gasteiger partial charge in [0.15, 0.2) is 0 Å². The molecule has 1 N–H and O–H groups in total. The van der Waals surface area contributed by atoms with Crippen molar-refractivity contribution >= 4 is 22.9 Å². The number of hydrogen-bond acceptors (Lipinski definition) is 6. The second-order valence-electron chi connectivity index (χ2n) is 6.42. The normalized spacial score (nSPS) is 27.0. The number of anilines is 1. The smallest absolute Gasteiger partial charge is 0.237 e. The number of fused-ring (bicyclic) bond motifs is 2. The molecule has 3 atom stereocenters. The maximum Gasteiger partial charge on any atom is 0.237 e. The third kappa shape index (κ3) is 2.00. The molecule has 7 heteroatoms. The van der Waals surface area contributed by atoms with Crippen molar-refractivity contribution < 1.29 is 4.79 Å². The third-order valence-corrected chi connectivity index (χ3v) is 6.14. The van der Waals surface area contributed by atoms with Crippen LogP contribution in [-0.2, 0) is 10.2 Å². The zero-order valence-electron chi connectivity index (χ0n) is 13.5. The lowest BCUT2D eigenvalue weighted by Gasteiger charge is -2.26.